The topological polar surface area (TPSA) is 63.4 Å². The maximum atomic E-state index is 12.5. The third kappa shape index (κ3) is 3.83. The SMILES string of the molecule is CC(c1ccccc1)N(C)S(=O)(=O)Cc1cccc(N)c1. The van der Waals surface area contributed by atoms with Gasteiger partial charge in [0.1, 0.15) is 0 Å². The van der Waals surface area contributed by atoms with Gasteiger partial charge in [-0.25, -0.2) is 8.42 Å². The Morgan fingerprint density at radius 1 is 1.10 bits per heavy atom. The van der Waals surface area contributed by atoms with Gasteiger partial charge in [-0.15, -0.1) is 0 Å². The van der Waals surface area contributed by atoms with Gasteiger partial charge in [-0.2, -0.15) is 4.31 Å². The summed E-state index contributed by atoms with van der Waals surface area (Å²) in [7, 11) is -1.79. The van der Waals surface area contributed by atoms with Crippen LogP contribution >= 0.6 is 0 Å². The van der Waals surface area contributed by atoms with Crippen LogP contribution in [0.5, 0.6) is 0 Å². The Morgan fingerprint density at radius 3 is 2.38 bits per heavy atom. The van der Waals surface area contributed by atoms with Crippen molar-refractivity contribution in [3.8, 4) is 0 Å². The molecule has 0 amide bonds. The smallest absolute Gasteiger partial charge is 0.218 e. The molecule has 0 bridgehead atoms. The first-order valence-corrected chi connectivity index (χ1v) is 8.36. The monoisotopic (exact) mass is 304 g/mol. The Labute approximate surface area is 126 Å². The van der Waals surface area contributed by atoms with Gasteiger partial charge in [-0.1, -0.05) is 42.5 Å². The second kappa shape index (κ2) is 6.28. The van der Waals surface area contributed by atoms with E-state index in [4.69, 9.17) is 5.73 Å². The van der Waals surface area contributed by atoms with E-state index in [9.17, 15) is 8.42 Å². The highest BCUT2D eigenvalue weighted by molar-refractivity contribution is 7.88. The molecule has 2 rings (SSSR count). The van der Waals surface area contributed by atoms with Crippen LogP contribution in [0.2, 0.25) is 0 Å². The molecule has 5 heteroatoms. The lowest BCUT2D eigenvalue weighted by molar-refractivity contribution is 0.398. The lowest BCUT2D eigenvalue weighted by atomic mass is 10.1. The molecule has 1 unspecified atom stereocenters. The summed E-state index contributed by atoms with van der Waals surface area (Å²) in [6.45, 7) is 1.88. The normalized spacial score (nSPS) is 13.3. The zero-order valence-electron chi connectivity index (χ0n) is 12.2. The quantitative estimate of drug-likeness (QED) is 0.864. The van der Waals surface area contributed by atoms with Crippen LogP contribution in [0.25, 0.3) is 0 Å². The molecule has 2 aromatic carbocycles. The van der Waals surface area contributed by atoms with E-state index < -0.39 is 10.0 Å². The van der Waals surface area contributed by atoms with E-state index in [0.717, 1.165) is 5.56 Å². The zero-order chi connectivity index (χ0) is 15.5. The van der Waals surface area contributed by atoms with Crippen molar-refractivity contribution in [1.29, 1.82) is 0 Å². The van der Waals surface area contributed by atoms with E-state index in [-0.39, 0.29) is 11.8 Å². The zero-order valence-corrected chi connectivity index (χ0v) is 13.0. The third-order valence-corrected chi connectivity index (χ3v) is 5.46. The van der Waals surface area contributed by atoms with Gasteiger partial charge in [0.25, 0.3) is 0 Å². The van der Waals surface area contributed by atoms with Crippen LogP contribution in [0.3, 0.4) is 0 Å². The molecule has 0 aliphatic carbocycles. The van der Waals surface area contributed by atoms with Gasteiger partial charge in [0.15, 0.2) is 0 Å². The highest BCUT2D eigenvalue weighted by Crippen LogP contribution is 2.23. The number of sulfonamides is 1. The molecule has 0 fully saturated rings. The molecule has 0 heterocycles. The number of benzene rings is 2. The maximum Gasteiger partial charge on any atom is 0.218 e. The van der Waals surface area contributed by atoms with Gasteiger partial charge in [0.2, 0.25) is 10.0 Å². The average molecular weight is 304 g/mol. The molecular formula is C16H20N2O2S. The minimum Gasteiger partial charge on any atom is -0.399 e. The van der Waals surface area contributed by atoms with Crippen LogP contribution in [-0.4, -0.2) is 19.8 Å². The summed E-state index contributed by atoms with van der Waals surface area (Å²) in [5, 5.41) is 0. The Morgan fingerprint density at radius 2 is 1.76 bits per heavy atom. The first kappa shape index (κ1) is 15.5. The van der Waals surface area contributed by atoms with Crippen LogP contribution in [0.1, 0.15) is 24.1 Å². The van der Waals surface area contributed by atoms with Gasteiger partial charge in [-0.05, 0) is 30.2 Å². The number of nitrogen functional groups attached to an aromatic ring is 1. The van der Waals surface area contributed by atoms with Gasteiger partial charge in [0, 0.05) is 18.8 Å². The summed E-state index contributed by atoms with van der Waals surface area (Å²) < 4.78 is 26.4. The summed E-state index contributed by atoms with van der Waals surface area (Å²) in [6.07, 6.45) is 0. The lowest BCUT2D eigenvalue weighted by Gasteiger charge is -2.24. The van der Waals surface area contributed by atoms with Crippen molar-refractivity contribution >= 4 is 15.7 Å². The molecule has 1 atom stereocenters. The number of anilines is 1. The highest BCUT2D eigenvalue weighted by Gasteiger charge is 2.24. The highest BCUT2D eigenvalue weighted by atomic mass is 32.2. The summed E-state index contributed by atoms with van der Waals surface area (Å²) in [4.78, 5) is 0. The van der Waals surface area contributed by atoms with Crippen LogP contribution in [0, 0.1) is 0 Å². The van der Waals surface area contributed by atoms with Crippen molar-refractivity contribution in [3.63, 3.8) is 0 Å². The largest absolute Gasteiger partial charge is 0.399 e. The molecule has 0 saturated carbocycles. The van der Waals surface area contributed by atoms with Gasteiger partial charge in [0.05, 0.1) is 5.75 Å². The van der Waals surface area contributed by atoms with Crippen molar-refractivity contribution < 1.29 is 8.42 Å². The number of hydrogen-bond donors (Lipinski definition) is 1. The molecule has 21 heavy (non-hydrogen) atoms. The molecule has 4 nitrogen and oxygen atoms in total. The molecule has 112 valence electrons. The summed E-state index contributed by atoms with van der Waals surface area (Å²) in [6, 6.07) is 16.3. The van der Waals surface area contributed by atoms with Gasteiger partial charge < -0.3 is 5.73 Å². The number of nitrogens with two attached hydrogens (primary N) is 1. The minimum atomic E-state index is -3.40. The molecule has 0 aliphatic heterocycles. The van der Waals surface area contributed by atoms with Crippen molar-refractivity contribution in [1.82, 2.24) is 4.31 Å². The van der Waals surface area contributed by atoms with E-state index >= 15 is 0 Å². The Hall–Kier alpha value is -1.85. The van der Waals surface area contributed by atoms with Crippen molar-refractivity contribution in [2.75, 3.05) is 12.8 Å². The van der Waals surface area contributed by atoms with E-state index in [2.05, 4.69) is 0 Å². The second-order valence-corrected chi connectivity index (χ2v) is 7.13. The van der Waals surface area contributed by atoms with Crippen molar-refractivity contribution in [2.45, 2.75) is 18.7 Å². The predicted octanol–water partition coefficient (Wildman–Crippen LogP) is 2.79. The van der Waals surface area contributed by atoms with Crippen LogP contribution < -0.4 is 5.73 Å². The summed E-state index contributed by atoms with van der Waals surface area (Å²) in [5.74, 6) is -0.0499. The van der Waals surface area contributed by atoms with E-state index in [0.29, 0.717) is 11.3 Å². The minimum absolute atomic E-state index is 0.0499. The fourth-order valence-corrected chi connectivity index (χ4v) is 3.59. The van der Waals surface area contributed by atoms with Crippen LogP contribution in [0.15, 0.2) is 54.6 Å². The molecular weight excluding hydrogens is 284 g/mol. The number of rotatable bonds is 5. The maximum absolute atomic E-state index is 12.5. The molecule has 2 N–H and O–H groups in total. The van der Waals surface area contributed by atoms with Gasteiger partial charge >= 0.3 is 0 Å². The first-order valence-electron chi connectivity index (χ1n) is 6.75. The molecule has 0 radical (unpaired) electrons. The lowest BCUT2D eigenvalue weighted by Crippen LogP contribution is -2.30. The van der Waals surface area contributed by atoms with E-state index in [1.54, 1.807) is 31.3 Å². The first-order chi connectivity index (χ1) is 9.90. The molecule has 0 aromatic heterocycles. The van der Waals surface area contributed by atoms with E-state index in [1.165, 1.54) is 4.31 Å². The Balaban J connectivity index is 2.19. The third-order valence-electron chi connectivity index (χ3n) is 3.57. The average Bonchev–Trinajstić information content (AvgIpc) is 2.46. The van der Waals surface area contributed by atoms with Crippen LogP contribution in [0.4, 0.5) is 5.69 Å². The second-order valence-electron chi connectivity index (χ2n) is 5.10. The number of hydrogen-bond acceptors (Lipinski definition) is 3. The van der Waals surface area contributed by atoms with E-state index in [1.807, 2.05) is 37.3 Å². The summed E-state index contributed by atoms with van der Waals surface area (Å²) in [5.41, 5.74) is 7.93. The molecule has 0 saturated heterocycles. The summed E-state index contributed by atoms with van der Waals surface area (Å²) >= 11 is 0. The fourth-order valence-electron chi connectivity index (χ4n) is 2.18. The standard InChI is InChI=1S/C16H20N2O2S/c1-13(15-8-4-3-5-9-15)18(2)21(19,20)12-14-7-6-10-16(17)11-14/h3-11,13H,12,17H2,1-2H3. The predicted molar refractivity (Wildman–Crippen MR) is 86.1 cm³/mol. The Bertz CT molecular complexity index is 699. The molecule has 0 aliphatic rings. The molecule has 2 aromatic rings. The number of nitrogens with zero attached hydrogens (tertiary/aromatic N) is 1. The fraction of sp³-hybridized carbons (Fsp3) is 0.250. The molecule has 0 spiro atoms. The Kier molecular flexibility index (Phi) is 4.65. The van der Waals surface area contributed by atoms with Crippen molar-refractivity contribution in [2.24, 2.45) is 0 Å². The van der Waals surface area contributed by atoms with Crippen molar-refractivity contribution in [3.05, 3.63) is 65.7 Å². The van der Waals surface area contributed by atoms with Crippen LogP contribution in [-0.2, 0) is 15.8 Å². The van der Waals surface area contributed by atoms with Gasteiger partial charge in [-0.3, -0.25) is 0 Å².